The van der Waals surface area contributed by atoms with E-state index in [0.29, 0.717) is 5.56 Å². The van der Waals surface area contributed by atoms with Crippen molar-refractivity contribution in [1.29, 1.82) is 0 Å². The van der Waals surface area contributed by atoms with Crippen molar-refractivity contribution in [2.75, 3.05) is 6.54 Å². The van der Waals surface area contributed by atoms with E-state index in [2.05, 4.69) is 10.6 Å². The number of carbonyl (C=O) groups excluding carboxylic acids is 1. The molecule has 2 rings (SSSR count). The number of rotatable bonds is 1. The maximum atomic E-state index is 12.5. The molecule has 1 aliphatic rings. The van der Waals surface area contributed by atoms with Crippen LogP contribution in [0, 0.1) is 0 Å². The van der Waals surface area contributed by atoms with Crippen molar-refractivity contribution in [2.45, 2.75) is 12.2 Å². The molecule has 2 amide bonds. The number of hydrogen-bond donors (Lipinski definition) is 2. The summed E-state index contributed by atoms with van der Waals surface area (Å²) in [5.41, 5.74) is -0.482. The largest absolute Gasteiger partial charge is 0.416 e. The Morgan fingerprint density at radius 1 is 1.29 bits per heavy atom. The van der Waals surface area contributed by atoms with E-state index in [4.69, 9.17) is 11.6 Å². The first kappa shape index (κ1) is 12.0. The quantitative estimate of drug-likeness (QED) is 0.804. The maximum Gasteiger partial charge on any atom is 0.416 e. The molecule has 17 heavy (non-hydrogen) atoms. The van der Waals surface area contributed by atoms with Gasteiger partial charge in [-0.1, -0.05) is 11.6 Å². The Labute approximate surface area is 99.9 Å². The van der Waals surface area contributed by atoms with Gasteiger partial charge in [-0.2, -0.15) is 13.2 Å². The lowest BCUT2D eigenvalue weighted by Crippen LogP contribution is -2.22. The summed E-state index contributed by atoms with van der Waals surface area (Å²) in [6, 6.07) is 2.37. The molecule has 2 N–H and O–H groups in total. The zero-order valence-electron chi connectivity index (χ0n) is 8.44. The standard InChI is InChI=1S/C10H8ClF3N2O/c11-7-2-5(8-4-15-9(17)16-8)1-6(3-7)10(12,13)14/h1-3,8H,4H2,(H2,15,16,17)/t8-/m1/s1. The van der Waals surface area contributed by atoms with Crippen LogP contribution >= 0.6 is 11.6 Å². The van der Waals surface area contributed by atoms with Crippen LogP contribution in [0.3, 0.4) is 0 Å². The number of benzene rings is 1. The van der Waals surface area contributed by atoms with E-state index in [9.17, 15) is 18.0 Å². The SMILES string of the molecule is O=C1NC[C@H](c2cc(Cl)cc(C(F)(F)F)c2)N1. The topological polar surface area (TPSA) is 41.1 Å². The van der Waals surface area contributed by atoms with E-state index >= 15 is 0 Å². The van der Waals surface area contributed by atoms with Crippen LogP contribution in [0.15, 0.2) is 18.2 Å². The third-order valence-electron chi connectivity index (χ3n) is 2.42. The minimum absolute atomic E-state index is 0.00373. The molecule has 1 saturated heterocycles. The predicted molar refractivity (Wildman–Crippen MR) is 55.7 cm³/mol. The first-order valence-electron chi connectivity index (χ1n) is 4.78. The van der Waals surface area contributed by atoms with E-state index in [1.54, 1.807) is 0 Å². The molecule has 7 heteroatoms. The molecule has 1 heterocycles. The van der Waals surface area contributed by atoms with Crippen LogP contribution < -0.4 is 10.6 Å². The van der Waals surface area contributed by atoms with Gasteiger partial charge in [-0.25, -0.2) is 4.79 Å². The summed E-state index contributed by atoms with van der Waals surface area (Å²) < 4.78 is 37.6. The fourth-order valence-electron chi connectivity index (χ4n) is 1.63. The van der Waals surface area contributed by atoms with Crippen LogP contribution in [-0.2, 0) is 6.18 Å². The fourth-order valence-corrected chi connectivity index (χ4v) is 1.88. The second-order valence-corrected chi connectivity index (χ2v) is 4.11. The van der Waals surface area contributed by atoms with E-state index in [1.807, 2.05) is 0 Å². The van der Waals surface area contributed by atoms with Crippen LogP contribution in [0.25, 0.3) is 0 Å². The molecule has 0 aliphatic carbocycles. The molecule has 1 atom stereocenters. The zero-order chi connectivity index (χ0) is 12.6. The molecular weight excluding hydrogens is 257 g/mol. The second-order valence-electron chi connectivity index (χ2n) is 3.68. The summed E-state index contributed by atoms with van der Waals surface area (Å²) in [6.45, 7) is 0.247. The van der Waals surface area contributed by atoms with E-state index in [1.165, 1.54) is 6.07 Å². The van der Waals surface area contributed by atoms with Gasteiger partial charge >= 0.3 is 12.2 Å². The maximum absolute atomic E-state index is 12.5. The van der Waals surface area contributed by atoms with Crippen LogP contribution in [0.4, 0.5) is 18.0 Å². The number of alkyl halides is 3. The lowest BCUT2D eigenvalue weighted by molar-refractivity contribution is -0.137. The van der Waals surface area contributed by atoms with Gasteiger partial charge < -0.3 is 10.6 Å². The van der Waals surface area contributed by atoms with Crippen LogP contribution in [-0.4, -0.2) is 12.6 Å². The van der Waals surface area contributed by atoms with E-state index < -0.39 is 23.8 Å². The van der Waals surface area contributed by atoms with Gasteiger partial charge in [-0.3, -0.25) is 0 Å². The minimum atomic E-state index is -4.45. The van der Waals surface area contributed by atoms with Crippen LogP contribution in [0.1, 0.15) is 17.2 Å². The van der Waals surface area contributed by atoms with Crippen LogP contribution in [0.2, 0.25) is 5.02 Å². The minimum Gasteiger partial charge on any atom is -0.336 e. The van der Waals surface area contributed by atoms with Crippen molar-refractivity contribution in [2.24, 2.45) is 0 Å². The Bertz CT molecular complexity index is 461. The van der Waals surface area contributed by atoms with Gasteiger partial charge in [0.25, 0.3) is 0 Å². The molecule has 1 aliphatic heterocycles. The van der Waals surface area contributed by atoms with Crippen molar-refractivity contribution >= 4 is 17.6 Å². The summed E-state index contributed by atoms with van der Waals surface area (Å²) in [5.74, 6) is 0. The number of hydrogen-bond acceptors (Lipinski definition) is 1. The van der Waals surface area contributed by atoms with Crippen molar-refractivity contribution in [3.63, 3.8) is 0 Å². The first-order valence-corrected chi connectivity index (χ1v) is 5.16. The monoisotopic (exact) mass is 264 g/mol. The van der Waals surface area contributed by atoms with Gasteiger partial charge in [-0.05, 0) is 23.8 Å². The fraction of sp³-hybridized carbons (Fsp3) is 0.300. The normalized spacial score (nSPS) is 20.0. The number of carbonyl (C=O) groups is 1. The lowest BCUT2D eigenvalue weighted by atomic mass is 10.0. The van der Waals surface area contributed by atoms with Crippen LogP contribution in [0.5, 0.6) is 0 Å². The molecule has 0 radical (unpaired) electrons. The smallest absolute Gasteiger partial charge is 0.336 e. The Balaban J connectivity index is 2.35. The average Bonchev–Trinajstić information content (AvgIpc) is 2.62. The molecule has 1 aromatic rings. The third kappa shape index (κ3) is 2.63. The number of halogens is 4. The lowest BCUT2D eigenvalue weighted by Gasteiger charge is -2.13. The van der Waals surface area contributed by atoms with E-state index in [-0.39, 0.29) is 11.6 Å². The number of urea groups is 1. The highest BCUT2D eigenvalue weighted by molar-refractivity contribution is 6.30. The zero-order valence-corrected chi connectivity index (χ0v) is 9.19. The molecule has 1 fully saturated rings. The summed E-state index contributed by atoms with van der Waals surface area (Å²) in [5, 5.41) is 4.97. The Kier molecular flexibility index (Phi) is 2.91. The predicted octanol–water partition coefficient (Wildman–Crippen LogP) is 2.71. The summed E-state index contributed by atoms with van der Waals surface area (Å²) in [7, 11) is 0. The highest BCUT2D eigenvalue weighted by Crippen LogP contribution is 2.33. The molecule has 0 saturated carbocycles. The first-order chi connectivity index (χ1) is 7.86. The van der Waals surface area contributed by atoms with Gasteiger partial charge in [0.05, 0.1) is 11.6 Å². The highest BCUT2D eigenvalue weighted by atomic mass is 35.5. The Morgan fingerprint density at radius 3 is 2.53 bits per heavy atom. The highest BCUT2D eigenvalue weighted by Gasteiger charge is 2.32. The number of amides is 2. The van der Waals surface area contributed by atoms with Crippen molar-refractivity contribution < 1.29 is 18.0 Å². The molecule has 3 nitrogen and oxygen atoms in total. The summed E-state index contributed by atoms with van der Waals surface area (Å²) >= 11 is 5.64. The molecule has 92 valence electrons. The van der Waals surface area contributed by atoms with Gasteiger partial charge in [0.15, 0.2) is 0 Å². The van der Waals surface area contributed by atoms with Gasteiger partial charge in [-0.15, -0.1) is 0 Å². The summed E-state index contributed by atoms with van der Waals surface area (Å²) in [4.78, 5) is 10.9. The van der Waals surface area contributed by atoms with Crippen molar-refractivity contribution in [3.05, 3.63) is 34.3 Å². The second kappa shape index (κ2) is 4.10. The molecule has 0 spiro atoms. The third-order valence-corrected chi connectivity index (χ3v) is 2.64. The Morgan fingerprint density at radius 2 is 2.00 bits per heavy atom. The average molecular weight is 265 g/mol. The molecule has 0 aromatic heterocycles. The van der Waals surface area contributed by atoms with Gasteiger partial charge in [0.2, 0.25) is 0 Å². The Hall–Kier alpha value is -1.43. The molecule has 0 unspecified atom stereocenters. The van der Waals surface area contributed by atoms with Gasteiger partial charge in [0.1, 0.15) is 0 Å². The van der Waals surface area contributed by atoms with Gasteiger partial charge in [0, 0.05) is 11.6 Å². The molecule has 1 aromatic carbocycles. The van der Waals surface area contributed by atoms with Crippen molar-refractivity contribution in [3.8, 4) is 0 Å². The molecule has 0 bridgehead atoms. The number of nitrogens with one attached hydrogen (secondary N) is 2. The van der Waals surface area contributed by atoms with E-state index in [0.717, 1.165) is 12.1 Å². The molecular formula is C10H8ClF3N2O. The summed E-state index contributed by atoms with van der Waals surface area (Å²) in [6.07, 6.45) is -4.45. The van der Waals surface area contributed by atoms with Crippen molar-refractivity contribution in [1.82, 2.24) is 10.6 Å².